The number of likely N-dealkylation sites (N-methyl/N-ethyl adjacent to an activating group) is 1. The molecule has 1 aromatic carbocycles. The van der Waals surface area contributed by atoms with Crippen LogP contribution in [0.25, 0.3) is 0 Å². The highest BCUT2D eigenvalue weighted by atomic mass is 35.5. The average molecular weight is 296 g/mol. The summed E-state index contributed by atoms with van der Waals surface area (Å²) in [6.07, 6.45) is 2.42. The molecule has 4 nitrogen and oxygen atoms in total. The molecule has 1 amide bonds. The van der Waals surface area contributed by atoms with E-state index in [1.165, 1.54) is 12.8 Å². The second-order valence-corrected chi connectivity index (χ2v) is 5.86. The third kappa shape index (κ3) is 4.20. The van der Waals surface area contributed by atoms with Crippen LogP contribution in [0, 0.1) is 6.92 Å². The Labute approximate surface area is 125 Å². The molecule has 0 aromatic heterocycles. The average Bonchev–Trinajstić information content (AvgIpc) is 2.87. The Morgan fingerprint density at radius 1 is 1.55 bits per heavy atom. The second kappa shape index (κ2) is 7.07. The van der Waals surface area contributed by atoms with Crippen LogP contribution >= 0.6 is 11.6 Å². The molecule has 0 aliphatic carbocycles. The summed E-state index contributed by atoms with van der Waals surface area (Å²) < 4.78 is 0. The van der Waals surface area contributed by atoms with Gasteiger partial charge in [-0.3, -0.25) is 9.69 Å². The molecular weight excluding hydrogens is 274 g/mol. The minimum Gasteiger partial charge on any atom is -0.325 e. The van der Waals surface area contributed by atoms with Gasteiger partial charge in [-0.2, -0.15) is 0 Å². The van der Waals surface area contributed by atoms with Gasteiger partial charge in [0.1, 0.15) is 0 Å². The standard InChI is InChI=1S/C15H22ClN3O/c1-11-13(16)6-3-7-14(11)18-15(20)10-19(2)9-12-5-4-8-17-12/h3,6-7,12,17H,4-5,8-10H2,1-2H3,(H,18,20). The maximum atomic E-state index is 12.0. The lowest BCUT2D eigenvalue weighted by Gasteiger charge is -2.20. The first-order valence-corrected chi connectivity index (χ1v) is 7.41. The number of carbonyl (C=O) groups excluding carboxylic acids is 1. The van der Waals surface area contributed by atoms with Crippen molar-refractivity contribution < 1.29 is 4.79 Å². The highest BCUT2D eigenvalue weighted by molar-refractivity contribution is 6.31. The number of nitrogens with zero attached hydrogens (tertiary/aromatic N) is 1. The lowest BCUT2D eigenvalue weighted by molar-refractivity contribution is -0.117. The van der Waals surface area contributed by atoms with E-state index in [1.54, 1.807) is 0 Å². The lowest BCUT2D eigenvalue weighted by atomic mass is 10.2. The van der Waals surface area contributed by atoms with Crippen molar-refractivity contribution in [1.29, 1.82) is 0 Å². The van der Waals surface area contributed by atoms with Gasteiger partial charge in [-0.25, -0.2) is 0 Å². The zero-order chi connectivity index (χ0) is 14.5. The summed E-state index contributed by atoms with van der Waals surface area (Å²) in [4.78, 5) is 14.1. The van der Waals surface area contributed by atoms with Crippen LogP contribution in [0.15, 0.2) is 18.2 Å². The highest BCUT2D eigenvalue weighted by Gasteiger charge is 2.17. The van der Waals surface area contributed by atoms with E-state index < -0.39 is 0 Å². The molecule has 2 rings (SSSR count). The van der Waals surface area contributed by atoms with Crippen molar-refractivity contribution in [2.24, 2.45) is 0 Å². The summed E-state index contributed by atoms with van der Waals surface area (Å²) in [6, 6.07) is 6.06. The Bertz CT molecular complexity index is 472. The molecule has 1 heterocycles. The van der Waals surface area contributed by atoms with Crippen molar-refractivity contribution in [2.75, 3.05) is 32.0 Å². The third-order valence-electron chi connectivity index (χ3n) is 3.65. The lowest BCUT2D eigenvalue weighted by Crippen LogP contribution is -2.39. The van der Waals surface area contributed by atoms with E-state index in [0.29, 0.717) is 17.6 Å². The monoisotopic (exact) mass is 295 g/mol. The Morgan fingerprint density at radius 2 is 2.35 bits per heavy atom. The van der Waals surface area contributed by atoms with Crippen LogP contribution < -0.4 is 10.6 Å². The van der Waals surface area contributed by atoms with Crippen molar-refractivity contribution in [3.05, 3.63) is 28.8 Å². The van der Waals surface area contributed by atoms with E-state index in [0.717, 1.165) is 24.3 Å². The first-order chi connectivity index (χ1) is 9.56. The Balaban J connectivity index is 1.83. The zero-order valence-corrected chi connectivity index (χ0v) is 12.8. The van der Waals surface area contributed by atoms with E-state index in [9.17, 15) is 4.79 Å². The summed E-state index contributed by atoms with van der Waals surface area (Å²) in [5.74, 6) is -0.00383. The molecule has 110 valence electrons. The fourth-order valence-electron chi connectivity index (χ4n) is 2.53. The fraction of sp³-hybridized carbons (Fsp3) is 0.533. The minimum absolute atomic E-state index is 0.00383. The third-order valence-corrected chi connectivity index (χ3v) is 4.06. The number of benzene rings is 1. The number of anilines is 1. The number of amides is 1. The summed E-state index contributed by atoms with van der Waals surface area (Å²) in [5.41, 5.74) is 1.69. The molecule has 0 saturated carbocycles. The van der Waals surface area contributed by atoms with E-state index in [-0.39, 0.29) is 5.91 Å². The topological polar surface area (TPSA) is 44.4 Å². The number of rotatable bonds is 5. The first kappa shape index (κ1) is 15.3. The van der Waals surface area contributed by atoms with Crippen molar-refractivity contribution in [1.82, 2.24) is 10.2 Å². The van der Waals surface area contributed by atoms with Crippen LogP contribution in [-0.4, -0.2) is 43.5 Å². The normalized spacial score (nSPS) is 18.5. The van der Waals surface area contributed by atoms with Gasteiger partial charge in [-0.1, -0.05) is 17.7 Å². The molecule has 0 bridgehead atoms. The first-order valence-electron chi connectivity index (χ1n) is 7.03. The van der Waals surface area contributed by atoms with Gasteiger partial charge in [0, 0.05) is 23.3 Å². The van der Waals surface area contributed by atoms with Gasteiger partial charge in [-0.05, 0) is 51.1 Å². The molecule has 1 saturated heterocycles. The SMILES string of the molecule is Cc1c(Cl)cccc1NC(=O)CN(C)CC1CCCN1. The van der Waals surface area contributed by atoms with Gasteiger partial charge >= 0.3 is 0 Å². The Kier molecular flexibility index (Phi) is 5.40. The summed E-state index contributed by atoms with van der Waals surface area (Å²) in [6.45, 7) is 4.29. The van der Waals surface area contributed by atoms with Gasteiger partial charge < -0.3 is 10.6 Å². The van der Waals surface area contributed by atoms with Crippen LogP contribution in [0.3, 0.4) is 0 Å². The Hall–Kier alpha value is -1.10. The molecular formula is C15H22ClN3O. The predicted molar refractivity (Wildman–Crippen MR) is 83.3 cm³/mol. The largest absolute Gasteiger partial charge is 0.325 e. The number of halogens is 1. The van der Waals surface area contributed by atoms with E-state index in [1.807, 2.05) is 32.2 Å². The molecule has 20 heavy (non-hydrogen) atoms. The number of hydrogen-bond donors (Lipinski definition) is 2. The molecule has 1 aliphatic heterocycles. The zero-order valence-electron chi connectivity index (χ0n) is 12.1. The molecule has 0 radical (unpaired) electrons. The maximum Gasteiger partial charge on any atom is 0.238 e. The van der Waals surface area contributed by atoms with Gasteiger partial charge in [0.15, 0.2) is 0 Å². The van der Waals surface area contributed by atoms with Crippen LogP contribution in [0.4, 0.5) is 5.69 Å². The van der Waals surface area contributed by atoms with Gasteiger partial charge in [0.25, 0.3) is 0 Å². The van der Waals surface area contributed by atoms with E-state index in [2.05, 4.69) is 15.5 Å². The van der Waals surface area contributed by atoms with Crippen LogP contribution in [0.5, 0.6) is 0 Å². The predicted octanol–water partition coefficient (Wildman–Crippen LogP) is 2.27. The van der Waals surface area contributed by atoms with Crippen molar-refractivity contribution in [3.8, 4) is 0 Å². The van der Waals surface area contributed by atoms with Crippen LogP contribution in [0.2, 0.25) is 5.02 Å². The van der Waals surface area contributed by atoms with Gasteiger partial charge in [0.05, 0.1) is 6.54 Å². The van der Waals surface area contributed by atoms with E-state index in [4.69, 9.17) is 11.6 Å². The second-order valence-electron chi connectivity index (χ2n) is 5.45. The molecule has 1 aromatic rings. The van der Waals surface area contributed by atoms with Gasteiger partial charge in [0.2, 0.25) is 5.91 Å². The molecule has 2 N–H and O–H groups in total. The molecule has 1 unspecified atom stereocenters. The molecule has 1 aliphatic rings. The smallest absolute Gasteiger partial charge is 0.238 e. The minimum atomic E-state index is -0.00383. The van der Waals surface area contributed by atoms with Gasteiger partial charge in [-0.15, -0.1) is 0 Å². The highest BCUT2D eigenvalue weighted by Crippen LogP contribution is 2.22. The molecule has 5 heteroatoms. The molecule has 1 fully saturated rings. The number of hydrogen-bond acceptors (Lipinski definition) is 3. The van der Waals surface area contributed by atoms with E-state index >= 15 is 0 Å². The number of nitrogens with one attached hydrogen (secondary N) is 2. The van der Waals surface area contributed by atoms with Crippen LogP contribution in [-0.2, 0) is 4.79 Å². The maximum absolute atomic E-state index is 12.0. The fourth-order valence-corrected chi connectivity index (χ4v) is 2.71. The van der Waals surface area contributed by atoms with Crippen molar-refractivity contribution in [3.63, 3.8) is 0 Å². The molecule has 0 spiro atoms. The number of carbonyl (C=O) groups is 1. The summed E-state index contributed by atoms with van der Waals surface area (Å²) in [5, 5.41) is 7.03. The molecule has 1 atom stereocenters. The van der Waals surface area contributed by atoms with Crippen LogP contribution in [0.1, 0.15) is 18.4 Å². The quantitative estimate of drug-likeness (QED) is 0.876. The Morgan fingerprint density at radius 3 is 3.05 bits per heavy atom. The van der Waals surface area contributed by atoms with Crippen molar-refractivity contribution in [2.45, 2.75) is 25.8 Å². The summed E-state index contributed by atoms with van der Waals surface area (Å²) in [7, 11) is 1.98. The van der Waals surface area contributed by atoms with Crippen molar-refractivity contribution >= 4 is 23.2 Å². The summed E-state index contributed by atoms with van der Waals surface area (Å²) >= 11 is 6.05.